The van der Waals surface area contributed by atoms with Crippen molar-refractivity contribution >= 4 is 12.9 Å². The Kier molecular flexibility index (Phi) is 8.76. The van der Waals surface area contributed by atoms with Crippen molar-refractivity contribution in [1.82, 2.24) is 0 Å². The Morgan fingerprint density at radius 2 is 1.46 bits per heavy atom. The summed E-state index contributed by atoms with van der Waals surface area (Å²) in [4.78, 5) is 20.8. The topological polar surface area (TPSA) is 63.2 Å². The Bertz CT molecular complexity index is 293. The first-order chi connectivity index (χ1) is 5.00. The van der Waals surface area contributed by atoms with Crippen LogP contribution in [0.5, 0.6) is 0 Å². The van der Waals surface area contributed by atoms with Crippen LogP contribution >= 0.6 is 7.60 Å². The van der Waals surface area contributed by atoms with E-state index >= 15 is 0 Å². The van der Waals surface area contributed by atoms with Gasteiger partial charge in [-0.2, -0.15) is 0 Å². The molecule has 0 N–H and O–H groups in total. The van der Waals surface area contributed by atoms with Gasteiger partial charge in [0.1, 0.15) is 0 Å². The van der Waals surface area contributed by atoms with E-state index in [0.717, 1.165) is 5.56 Å². The van der Waals surface area contributed by atoms with Gasteiger partial charge in [-0.05, 0) is 19.8 Å². The summed E-state index contributed by atoms with van der Waals surface area (Å²) in [5.41, 5.74) is 0.933. The third-order valence-electron chi connectivity index (χ3n) is 1.35. The first-order valence-electron chi connectivity index (χ1n) is 3.09. The van der Waals surface area contributed by atoms with Gasteiger partial charge in [0.15, 0.2) is 0 Å². The van der Waals surface area contributed by atoms with Gasteiger partial charge in [0.05, 0.1) is 0 Å². The minimum Gasteiger partial charge on any atom is -0.807 e. The van der Waals surface area contributed by atoms with Gasteiger partial charge < -0.3 is 14.4 Å². The molecular formula is C7H7Na2O3P. The second-order valence-electron chi connectivity index (χ2n) is 2.33. The average Bonchev–Trinajstić information content (AvgIpc) is 1.86. The third kappa shape index (κ3) is 5.73. The van der Waals surface area contributed by atoms with Crippen molar-refractivity contribution in [2.45, 2.75) is 6.92 Å². The monoisotopic (exact) mass is 216 g/mol. The van der Waals surface area contributed by atoms with E-state index in [1.54, 1.807) is 12.1 Å². The van der Waals surface area contributed by atoms with Gasteiger partial charge in [0.2, 0.25) is 0 Å². The van der Waals surface area contributed by atoms with Crippen molar-refractivity contribution in [3.8, 4) is 0 Å². The standard InChI is InChI=1S/C7H9O3P.2Na/c1-6-2-4-7(5-3-6)11(8,9)10;;/h2-5H,1H3,(H2,8,9,10);;/q;2*+1/p-2. The number of rotatable bonds is 1. The van der Waals surface area contributed by atoms with Crippen LogP contribution in [0.2, 0.25) is 0 Å². The van der Waals surface area contributed by atoms with E-state index in [-0.39, 0.29) is 64.4 Å². The summed E-state index contributed by atoms with van der Waals surface area (Å²) in [5, 5.41) is -0.150. The van der Waals surface area contributed by atoms with Crippen LogP contribution in [-0.2, 0) is 4.57 Å². The molecule has 13 heavy (non-hydrogen) atoms. The molecule has 0 aromatic heterocycles. The number of aryl methyl sites for hydroxylation is 1. The Labute approximate surface area is 122 Å². The summed E-state index contributed by atoms with van der Waals surface area (Å²) in [7, 11) is -4.54. The molecule has 0 saturated carbocycles. The summed E-state index contributed by atoms with van der Waals surface area (Å²) < 4.78 is 10.4. The molecule has 0 amide bonds. The second-order valence-corrected chi connectivity index (χ2v) is 3.84. The summed E-state index contributed by atoms with van der Waals surface area (Å²) in [6.07, 6.45) is 0. The molecule has 0 aliphatic carbocycles. The minimum atomic E-state index is -4.54. The zero-order valence-corrected chi connectivity index (χ0v) is 12.9. The molecule has 3 nitrogen and oxygen atoms in total. The van der Waals surface area contributed by atoms with Gasteiger partial charge in [0.25, 0.3) is 0 Å². The van der Waals surface area contributed by atoms with E-state index in [4.69, 9.17) is 0 Å². The number of hydrogen-bond acceptors (Lipinski definition) is 3. The fourth-order valence-electron chi connectivity index (χ4n) is 0.727. The average molecular weight is 216 g/mol. The van der Waals surface area contributed by atoms with E-state index in [2.05, 4.69) is 0 Å². The van der Waals surface area contributed by atoms with Gasteiger partial charge >= 0.3 is 59.1 Å². The molecule has 0 aliphatic heterocycles. The maximum absolute atomic E-state index is 10.4. The van der Waals surface area contributed by atoms with Crippen LogP contribution in [-0.4, -0.2) is 0 Å². The van der Waals surface area contributed by atoms with Gasteiger partial charge in [0, 0.05) is 0 Å². The van der Waals surface area contributed by atoms with Crippen molar-refractivity contribution in [3.05, 3.63) is 29.8 Å². The van der Waals surface area contributed by atoms with Crippen LogP contribution in [0.3, 0.4) is 0 Å². The fourth-order valence-corrected chi connectivity index (χ4v) is 1.24. The summed E-state index contributed by atoms with van der Waals surface area (Å²) in [6, 6.07) is 5.82. The largest absolute Gasteiger partial charge is 1.00 e. The molecular weight excluding hydrogens is 209 g/mol. The van der Waals surface area contributed by atoms with Crippen LogP contribution in [0.15, 0.2) is 24.3 Å². The van der Waals surface area contributed by atoms with E-state index in [1.807, 2.05) is 6.92 Å². The second kappa shape index (κ2) is 6.78. The van der Waals surface area contributed by atoms with Gasteiger partial charge in [-0.3, -0.25) is 0 Å². The zero-order valence-electron chi connectivity index (χ0n) is 7.98. The SMILES string of the molecule is Cc1ccc(P(=O)([O-])[O-])cc1.[Na+].[Na+]. The molecule has 1 rings (SSSR count). The van der Waals surface area contributed by atoms with Crippen LogP contribution in [0.1, 0.15) is 5.56 Å². The van der Waals surface area contributed by atoms with Crippen molar-refractivity contribution in [3.63, 3.8) is 0 Å². The van der Waals surface area contributed by atoms with Gasteiger partial charge in [-0.15, -0.1) is 0 Å². The smallest absolute Gasteiger partial charge is 0.807 e. The molecule has 6 heteroatoms. The molecule has 0 unspecified atom stereocenters. The van der Waals surface area contributed by atoms with E-state index < -0.39 is 7.60 Å². The van der Waals surface area contributed by atoms with Crippen molar-refractivity contribution in [1.29, 1.82) is 0 Å². The van der Waals surface area contributed by atoms with Crippen LogP contribution in [0.25, 0.3) is 0 Å². The van der Waals surface area contributed by atoms with Gasteiger partial charge in [-0.1, -0.05) is 29.8 Å². The molecule has 0 spiro atoms. The molecule has 0 atom stereocenters. The van der Waals surface area contributed by atoms with Crippen LogP contribution in [0, 0.1) is 6.92 Å². The summed E-state index contributed by atoms with van der Waals surface area (Å²) in [5.74, 6) is 0. The number of hydrogen-bond donors (Lipinski definition) is 0. The maximum atomic E-state index is 10.4. The Balaban J connectivity index is 0. The number of benzene rings is 1. The molecule has 1 aromatic carbocycles. The molecule has 0 radical (unpaired) electrons. The Hall–Kier alpha value is 1.37. The first kappa shape index (κ1) is 16.8. The van der Waals surface area contributed by atoms with Crippen molar-refractivity contribution in [2.24, 2.45) is 0 Å². The minimum absolute atomic E-state index is 0. The van der Waals surface area contributed by atoms with Crippen LogP contribution in [0.4, 0.5) is 0 Å². The molecule has 1 aromatic rings. The van der Waals surface area contributed by atoms with E-state index in [9.17, 15) is 14.4 Å². The first-order valence-corrected chi connectivity index (χ1v) is 4.64. The van der Waals surface area contributed by atoms with Gasteiger partial charge in [-0.25, -0.2) is 0 Å². The normalized spacial score (nSPS) is 9.77. The van der Waals surface area contributed by atoms with E-state index in [0.29, 0.717) is 0 Å². The molecule has 0 saturated heterocycles. The summed E-state index contributed by atoms with van der Waals surface area (Å²) >= 11 is 0. The van der Waals surface area contributed by atoms with Crippen molar-refractivity contribution in [2.75, 3.05) is 0 Å². The molecule has 0 fully saturated rings. The maximum Gasteiger partial charge on any atom is 1.00 e. The molecule has 0 bridgehead atoms. The van der Waals surface area contributed by atoms with Crippen LogP contribution < -0.4 is 74.2 Å². The predicted octanol–water partition coefficient (Wildman–Crippen LogP) is -6.46. The Morgan fingerprint density at radius 3 is 1.77 bits per heavy atom. The molecule has 60 valence electrons. The third-order valence-corrected chi connectivity index (χ3v) is 2.28. The molecule has 0 aliphatic rings. The quantitative estimate of drug-likeness (QED) is 0.346. The van der Waals surface area contributed by atoms with E-state index in [1.165, 1.54) is 12.1 Å². The zero-order chi connectivity index (χ0) is 8.48. The Morgan fingerprint density at radius 1 is 1.08 bits per heavy atom. The summed E-state index contributed by atoms with van der Waals surface area (Å²) in [6.45, 7) is 1.82. The molecule has 0 heterocycles. The fraction of sp³-hybridized carbons (Fsp3) is 0.143. The predicted molar refractivity (Wildman–Crippen MR) is 38.4 cm³/mol. The van der Waals surface area contributed by atoms with Crippen molar-refractivity contribution < 1.29 is 73.5 Å².